The van der Waals surface area contributed by atoms with Gasteiger partial charge in [-0.3, -0.25) is 4.79 Å². The molecule has 3 N–H and O–H groups in total. The van der Waals surface area contributed by atoms with E-state index in [1.165, 1.54) is 13.2 Å². The van der Waals surface area contributed by atoms with Crippen LogP contribution in [0.4, 0.5) is 17.2 Å². The number of nitrogen functional groups attached to an aromatic ring is 1. The molecule has 21 heavy (non-hydrogen) atoms. The topological polar surface area (TPSA) is 83.7 Å². The number of pyridine rings is 1. The predicted molar refractivity (Wildman–Crippen MR) is 83.7 cm³/mol. The summed E-state index contributed by atoms with van der Waals surface area (Å²) in [4.78, 5) is 20.4. The summed E-state index contributed by atoms with van der Waals surface area (Å²) in [6, 6.07) is 1.67. The Morgan fingerprint density at radius 2 is 2.14 bits per heavy atom. The van der Waals surface area contributed by atoms with E-state index in [0.29, 0.717) is 23.1 Å². The fourth-order valence-electron chi connectivity index (χ4n) is 2.20. The molecule has 0 aliphatic carbocycles. The van der Waals surface area contributed by atoms with Crippen LogP contribution in [0.25, 0.3) is 0 Å². The van der Waals surface area contributed by atoms with E-state index in [-0.39, 0.29) is 5.91 Å². The van der Waals surface area contributed by atoms with Crippen LogP contribution in [0.1, 0.15) is 0 Å². The van der Waals surface area contributed by atoms with Gasteiger partial charge < -0.3 is 25.6 Å². The van der Waals surface area contributed by atoms with E-state index >= 15 is 0 Å². The lowest BCUT2D eigenvalue weighted by atomic mass is 10.2. The molecule has 0 atom stereocenters. The lowest BCUT2D eigenvalue weighted by molar-refractivity contribution is -0.111. The second-order valence-corrected chi connectivity index (χ2v) is 4.94. The maximum Gasteiger partial charge on any atom is 0.247 e. The number of carbonyl (C=O) groups is 1. The van der Waals surface area contributed by atoms with Crippen molar-refractivity contribution < 1.29 is 9.53 Å². The number of likely N-dealkylation sites (N-methyl/N-ethyl adjacent to an activating group) is 1. The Balaban J connectivity index is 2.35. The summed E-state index contributed by atoms with van der Waals surface area (Å²) in [7, 11) is 3.60. The zero-order valence-electron chi connectivity index (χ0n) is 12.4. The molecule has 7 heteroatoms. The minimum absolute atomic E-state index is 0.295. The largest absolute Gasteiger partial charge is 0.479 e. The molecule has 1 aliphatic rings. The molecule has 0 unspecified atom stereocenters. The summed E-state index contributed by atoms with van der Waals surface area (Å²) >= 11 is 0. The number of methoxy groups -OCH3 is 1. The summed E-state index contributed by atoms with van der Waals surface area (Å²) in [5.74, 6) is 0.738. The number of rotatable bonds is 4. The van der Waals surface area contributed by atoms with E-state index in [2.05, 4.69) is 33.7 Å². The van der Waals surface area contributed by atoms with Gasteiger partial charge in [-0.05, 0) is 19.2 Å². The van der Waals surface area contributed by atoms with E-state index in [1.807, 2.05) is 0 Å². The molecule has 1 saturated heterocycles. The highest BCUT2D eigenvalue weighted by molar-refractivity contribution is 6.01. The van der Waals surface area contributed by atoms with Crippen molar-refractivity contribution in [1.29, 1.82) is 0 Å². The normalized spacial score (nSPS) is 15.6. The number of amides is 1. The molecule has 0 saturated carbocycles. The number of carbonyl (C=O) groups excluding carboxylic acids is 1. The Kier molecular flexibility index (Phi) is 4.64. The first-order valence-electron chi connectivity index (χ1n) is 6.76. The first kappa shape index (κ1) is 15.1. The standard InChI is InChI=1S/C14H21N5O2/c1-4-12(20)16-11-9-10(15)14(21-3)17-13(11)19-7-5-18(2)6-8-19/h4,9H,1,5-8,15H2,2-3H3,(H,16,20). The number of ether oxygens (including phenoxy) is 1. The summed E-state index contributed by atoms with van der Waals surface area (Å²) in [5.41, 5.74) is 6.83. The second kappa shape index (κ2) is 6.45. The van der Waals surface area contributed by atoms with Crippen LogP contribution in [0.15, 0.2) is 18.7 Å². The van der Waals surface area contributed by atoms with Crippen molar-refractivity contribution in [1.82, 2.24) is 9.88 Å². The minimum atomic E-state index is -0.295. The average Bonchev–Trinajstić information content (AvgIpc) is 2.48. The van der Waals surface area contributed by atoms with Gasteiger partial charge in [-0.15, -0.1) is 0 Å². The Bertz CT molecular complexity index is 538. The van der Waals surface area contributed by atoms with Crippen LogP contribution in [-0.4, -0.2) is 56.1 Å². The quantitative estimate of drug-likeness (QED) is 0.788. The molecule has 114 valence electrons. The first-order valence-corrected chi connectivity index (χ1v) is 6.76. The number of hydrogen-bond donors (Lipinski definition) is 2. The van der Waals surface area contributed by atoms with Crippen molar-refractivity contribution in [3.63, 3.8) is 0 Å². The molecule has 2 heterocycles. The lowest BCUT2D eigenvalue weighted by Gasteiger charge is -2.34. The zero-order valence-corrected chi connectivity index (χ0v) is 12.4. The van der Waals surface area contributed by atoms with Gasteiger partial charge in [0, 0.05) is 26.2 Å². The summed E-state index contributed by atoms with van der Waals surface area (Å²) in [6.07, 6.45) is 1.22. The predicted octanol–water partition coefficient (Wildman–Crippen LogP) is 0.549. The van der Waals surface area contributed by atoms with Crippen LogP contribution >= 0.6 is 0 Å². The monoisotopic (exact) mass is 291 g/mol. The highest BCUT2D eigenvalue weighted by Gasteiger charge is 2.21. The average molecular weight is 291 g/mol. The Labute approximate surface area is 124 Å². The van der Waals surface area contributed by atoms with Crippen LogP contribution in [-0.2, 0) is 4.79 Å². The smallest absolute Gasteiger partial charge is 0.247 e. The summed E-state index contributed by atoms with van der Waals surface area (Å²) in [6.45, 7) is 6.98. The van der Waals surface area contributed by atoms with Gasteiger partial charge >= 0.3 is 0 Å². The number of nitrogens with zero attached hydrogens (tertiary/aromatic N) is 3. The fourth-order valence-corrected chi connectivity index (χ4v) is 2.20. The van der Waals surface area contributed by atoms with Gasteiger partial charge in [-0.2, -0.15) is 4.98 Å². The molecule has 1 aromatic rings. The third-order valence-corrected chi connectivity index (χ3v) is 3.43. The number of hydrogen-bond acceptors (Lipinski definition) is 6. The van der Waals surface area contributed by atoms with Gasteiger partial charge in [0.1, 0.15) is 0 Å². The molecule has 0 radical (unpaired) electrons. The van der Waals surface area contributed by atoms with E-state index in [1.54, 1.807) is 6.07 Å². The van der Waals surface area contributed by atoms with Crippen LogP contribution in [0.2, 0.25) is 0 Å². The van der Waals surface area contributed by atoms with Crippen molar-refractivity contribution in [2.24, 2.45) is 0 Å². The van der Waals surface area contributed by atoms with Crippen molar-refractivity contribution >= 4 is 23.1 Å². The molecule has 0 aromatic carbocycles. The minimum Gasteiger partial charge on any atom is -0.479 e. The molecular weight excluding hydrogens is 270 g/mol. The third kappa shape index (κ3) is 3.43. The molecule has 0 bridgehead atoms. The SMILES string of the molecule is C=CC(=O)Nc1cc(N)c(OC)nc1N1CCN(C)CC1. The Hall–Kier alpha value is -2.28. The number of anilines is 3. The van der Waals surface area contributed by atoms with E-state index in [0.717, 1.165) is 26.2 Å². The highest BCUT2D eigenvalue weighted by atomic mass is 16.5. The van der Waals surface area contributed by atoms with Crippen LogP contribution < -0.4 is 20.7 Å². The molecule has 1 aromatic heterocycles. The van der Waals surface area contributed by atoms with Crippen LogP contribution in [0.3, 0.4) is 0 Å². The summed E-state index contributed by atoms with van der Waals surface area (Å²) < 4.78 is 5.18. The number of nitrogens with two attached hydrogens (primary N) is 1. The van der Waals surface area contributed by atoms with Crippen molar-refractivity contribution in [3.05, 3.63) is 18.7 Å². The molecule has 0 spiro atoms. The maximum absolute atomic E-state index is 11.6. The molecular formula is C14H21N5O2. The Morgan fingerprint density at radius 1 is 1.48 bits per heavy atom. The molecule has 1 aliphatic heterocycles. The van der Waals surface area contributed by atoms with Gasteiger partial charge in [0.05, 0.1) is 18.5 Å². The first-order chi connectivity index (χ1) is 10.0. The third-order valence-electron chi connectivity index (χ3n) is 3.43. The Morgan fingerprint density at radius 3 is 2.71 bits per heavy atom. The second-order valence-electron chi connectivity index (χ2n) is 4.94. The van der Waals surface area contributed by atoms with E-state index < -0.39 is 0 Å². The van der Waals surface area contributed by atoms with Crippen LogP contribution in [0.5, 0.6) is 5.88 Å². The van der Waals surface area contributed by atoms with Gasteiger partial charge in [-0.1, -0.05) is 6.58 Å². The molecule has 1 amide bonds. The van der Waals surface area contributed by atoms with Gasteiger partial charge in [0.2, 0.25) is 11.8 Å². The summed E-state index contributed by atoms with van der Waals surface area (Å²) in [5, 5.41) is 2.75. The van der Waals surface area contributed by atoms with Gasteiger partial charge in [0.15, 0.2) is 5.82 Å². The fraction of sp³-hybridized carbons (Fsp3) is 0.429. The molecule has 1 fully saturated rings. The van der Waals surface area contributed by atoms with Crippen molar-refractivity contribution in [3.8, 4) is 5.88 Å². The number of piperazine rings is 1. The molecule has 2 rings (SSSR count). The van der Waals surface area contributed by atoms with Gasteiger partial charge in [0.25, 0.3) is 0 Å². The molecule has 7 nitrogen and oxygen atoms in total. The van der Waals surface area contributed by atoms with Crippen molar-refractivity contribution in [2.75, 3.05) is 56.3 Å². The zero-order chi connectivity index (χ0) is 15.4. The van der Waals surface area contributed by atoms with Crippen molar-refractivity contribution in [2.45, 2.75) is 0 Å². The van der Waals surface area contributed by atoms with Gasteiger partial charge in [-0.25, -0.2) is 0 Å². The van der Waals surface area contributed by atoms with Crippen LogP contribution in [0, 0.1) is 0 Å². The lowest BCUT2D eigenvalue weighted by Crippen LogP contribution is -2.45. The highest BCUT2D eigenvalue weighted by Crippen LogP contribution is 2.32. The number of aromatic nitrogens is 1. The van der Waals surface area contributed by atoms with E-state index in [9.17, 15) is 4.79 Å². The maximum atomic E-state index is 11.6. The number of nitrogens with one attached hydrogen (secondary N) is 1. The van der Waals surface area contributed by atoms with E-state index in [4.69, 9.17) is 10.5 Å².